The van der Waals surface area contributed by atoms with Crippen LogP contribution in [0.2, 0.25) is 0 Å². The Balaban J connectivity index is 0.00000133. The van der Waals surface area contributed by atoms with E-state index in [1.165, 1.54) is 16.3 Å². The van der Waals surface area contributed by atoms with Crippen LogP contribution < -0.4 is 0 Å². The smallest absolute Gasteiger partial charge is 0.0163 e. The molecule has 0 N–H and O–H groups in total. The van der Waals surface area contributed by atoms with E-state index in [1.54, 1.807) is 0 Å². The number of rotatable bonds is 2. The minimum absolute atomic E-state index is 0. The van der Waals surface area contributed by atoms with Crippen LogP contribution in [0.15, 0.2) is 54.7 Å². The first-order valence-corrected chi connectivity index (χ1v) is 6.22. The summed E-state index contributed by atoms with van der Waals surface area (Å²) in [6, 6.07) is 20.0. The number of aryl methyl sites for hydroxylation is 1. The predicted octanol–water partition coefficient (Wildman–Crippen LogP) is 4.26. The number of hydrogen-bond donors (Lipinski definition) is 0. The fourth-order valence-corrected chi connectivity index (χ4v) is 2.12. The molecule has 0 aliphatic rings. The van der Waals surface area contributed by atoms with Crippen molar-refractivity contribution < 1.29 is 20.1 Å². The van der Waals surface area contributed by atoms with E-state index in [-0.39, 0.29) is 20.1 Å². The van der Waals surface area contributed by atoms with Crippen molar-refractivity contribution in [2.24, 2.45) is 0 Å². The van der Waals surface area contributed by atoms with Crippen molar-refractivity contribution in [1.29, 1.82) is 0 Å². The van der Waals surface area contributed by atoms with E-state index in [0.29, 0.717) is 0 Å². The molecule has 0 aliphatic heterocycles. The van der Waals surface area contributed by atoms with Gasteiger partial charge in [-0.1, -0.05) is 48.2 Å². The first-order valence-electron chi connectivity index (χ1n) is 6.22. The maximum absolute atomic E-state index is 4.43. The van der Waals surface area contributed by atoms with Gasteiger partial charge in [0.15, 0.2) is 0 Å². The van der Waals surface area contributed by atoms with E-state index >= 15 is 0 Å². The molecule has 2 aromatic carbocycles. The van der Waals surface area contributed by atoms with E-state index in [4.69, 9.17) is 0 Å². The summed E-state index contributed by atoms with van der Waals surface area (Å²) in [7, 11) is 0. The maximum atomic E-state index is 4.43. The van der Waals surface area contributed by atoms with Gasteiger partial charge in [-0.05, 0) is 18.2 Å². The van der Waals surface area contributed by atoms with Gasteiger partial charge in [0, 0.05) is 26.3 Å². The van der Waals surface area contributed by atoms with Crippen molar-refractivity contribution in [1.82, 2.24) is 4.98 Å². The Kier molecular flexibility index (Phi) is 4.47. The van der Waals surface area contributed by atoms with Crippen molar-refractivity contribution >= 4 is 10.8 Å². The molecule has 0 saturated heterocycles. The van der Waals surface area contributed by atoms with Crippen LogP contribution in [0.25, 0.3) is 22.0 Å². The quantitative estimate of drug-likeness (QED) is 0.560. The molecule has 0 amide bonds. The minimum atomic E-state index is 0. The summed E-state index contributed by atoms with van der Waals surface area (Å²) in [6.07, 6.45) is 2.90. The van der Waals surface area contributed by atoms with E-state index in [0.717, 1.165) is 17.7 Å². The molecule has 0 bridgehead atoms. The van der Waals surface area contributed by atoms with Crippen LogP contribution in [-0.4, -0.2) is 4.98 Å². The molecule has 1 aromatic heterocycles. The Morgan fingerprint density at radius 1 is 1.05 bits per heavy atom. The fraction of sp³-hybridized carbons (Fsp3) is 0.118. The van der Waals surface area contributed by atoms with Gasteiger partial charge in [0.05, 0.1) is 0 Å². The van der Waals surface area contributed by atoms with Gasteiger partial charge in [-0.15, -0.1) is 29.1 Å². The maximum Gasteiger partial charge on any atom is 0.0163 e. The van der Waals surface area contributed by atoms with Crippen molar-refractivity contribution in [2.45, 2.75) is 13.3 Å². The summed E-state index contributed by atoms with van der Waals surface area (Å²) in [5, 5.41) is 2.45. The van der Waals surface area contributed by atoms with Gasteiger partial charge in [0.2, 0.25) is 0 Å². The number of aromatic nitrogens is 1. The second kappa shape index (κ2) is 6.10. The van der Waals surface area contributed by atoms with Crippen LogP contribution in [0.4, 0.5) is 0 Å². The van der Waals surface area contributed by atoms with Gasteiger partial charge in [-0.3, -0.25) is 0 Å². The normalized spacial score (nSPS) is 10.2. The Bertz CT molecular complexity index is 691. The summed E-state index contributed by atoms with van der Waals surface area (Å²) in [4.78, 5) is 4.43. The third-order valence-corrected chi connectivity index (χ3v) is 3.19. The molecule has 3 aromatic rings. The van der Waals surface area contributed by atoms with E-state index in [1.807, 2.05) is 18.3 Å². The van der Waals surface area contributed by atoms with Gasteiger partial charge < -0.3 is 4.98 Å². The summed E-state index contributed by atoms with van der Waals surface area (Å²) in [5.74, 6) is 0. The fourth-order valence-electron chi connectivity index (χ4n) is 2.12. The molecule has 0 atom stereocenters. The molecular weight excluding hydrogens is 410 g/mol. The molecule has 1 radical (unpaired) electrons. The topological polar surface area (TPSA) is 12.9 Å². The number of fused-ring (bicyclic) bond motifs is 1. The SMILES string of the molecule is CCc1ccnc(-c2[c-]cc3ccccc3c2)c1.[Ir]. The molecule has 0 unspecified atom stereocenters. The zero-order valence-corrected chi connectivity index (χ0v) is 13.1. The second-order valence-corrected chi connectivity index (χ2v) is 4.38. The zero-order chi connectivity index (χ0) is 12.4. The molecule has 2 heteroatoms. The van der Waals surface area contributed by atoms with Gasteiger partial charge in [0.1, 0.15) is 0 Å². The van der Waals surface area contributed by atoms with Crippen LogP contribution in [0.5, 0.6) is 0 Å². The van der Waals surface area contributed by atoms with Crippen molar-refractivity contribution in [3.05, 3.63) is 66.4 Å². The van der Waals surface area contributed by atoms with Gasteiger partial charge in [-0.2, -0.15) is 0 Å². The summed E-state index contributed by atoms with van der Waals surface area (Å²) < 4.78 is 0. The Morgan fingerprint density at radius 3 is 2.63 bits per heavy atom. The molecule has 0 spiro atoms. The number of nitrogens with zero attached hydrogens (tertiary/aromatic N) is 1. The molecule has 1 nitrogen and oxygen atoms in total. The van der Waals surface area contributed by atoms with Gasteiger partial charge >= 0.3 is 0 Å². The van der Waals surface area contributed by atoms with Crippen molar-refractivity contribution in [2.75, 3.05) is 0 Å². The molecule has 3 rings (SSSR count). The minimum Gasteiger partial charge on any atom is -0.305 e. The number of benzene rings is 2. The predicted molar refractivity (Wildman–Crippen MR) is 75.4 cm³/mol. The van der Waals surface area contributed by atoms with E-state index in [9.17, 15) is 0 Å². The Labute approximate surface area is 127 Å². The Hall–Kier alpha value is -1.50. The Morgan fingerprint density at radius 2 is 1.84 bits per heavy atom. The molecule has 19 heavy (non-hydrogen) atoms. The molecule has 0 aliphatic carbocycles. The summed E-state index contributed by atoms with van der Waals surface area (Å²) in [5.41, 5.74) is 3.37. The number of hydrogen-bond acceptors (Lipinski definition) is 1. The summed E-state index contributed by atoms with van der Waals surface area (Å²) >= 11 is 0. The van der Waals surface area contributed by atoms with Crippen molar-refractivity contribution in [3.63, 3.8) is 0 Å². The number of pyridine rings is 1. The van der Waals surface area contributed by atoms with Gasteiger partial charge in [0.25, 0.3) is 0 Å². The third kappa shape index (κ3) is 2.91. The zero-order valence-electron chi connectivity index (χ0n) is 10.7. The van der Waals surface area contributed by atoms with Crippen LogP contribution in [0, 0.1) is 6.07 Å². The molecule has 97 valence electrons. The average Bonchev–Trinajstić information content (AvgIpc) is 2.47. The van der Waals surface area contributed by atoms with Crippen LogP contribution >= 0.6 is 0 Å². The molecule has 0 saturated carbocycles. The van der Waals surface area contributed by atoms with E-state index in [2.05, 4.69) is 54.4 Å². The van der Waals surface area contributed by atoms with E-state index < -0.39 is 0 Å². The largest absolute Gasteiger partial charge is 0.305 e. The van der Waals surface area contributed by atoms with Crippen LogP contribution in [-0.2, 0) is 26.5 Å². The first kappa shape index (κ1) is 13.9. The molecule has 0 fully saturated rings. The average molecular weight is 425 g/mol. The van der Waals surface area contributed by atoms with Crippen LogP contribution in [0.1, 0.15) is 12.5 Å². The molecular formula is C17H14IrN-. The first-order chi connectivity index (χ1) is 8.86. The summed E-state index contributed by atoms with van der Waals surface area (Å²) in [6.45, 7) is 2.16. The molecule has 1 heterocycles. The third-order valence-electron chi connectivity index (χ3n) is 3.19. The standard InChI is InChI=1S/C17H14N.Ir/c1-2-13-9-10-18-17(11-13)16-8-7-14-5-3-4-6-15(14)12-16;/h3-7,9-12H,2H2,1H3;/q-1;. The monoisotopic (exact) mass is 425 g/mol. The van der Waals surface area contributed by atoms with Gasteiger partial charge in [-0.25, -0.2) is 0 Å². The van der Waals surface area contributed by atoms with Crippen LogP contribution in [0.3, 0.4) is 0 Å². The van der Waals surface area contributed by atoms with Crippen molar-refractivity contribution in [3.8, 4) is 11.3 Å². The second-order valence-electron chi connectivity index (χ2n) is 4.38.